The maximum atomic E-state index is 13.1. The lowest BCUT2D eigenvalue weighted by atomic mass is 9.87. The number of nitrogens with zero attached hydrogens (tertiary/aromatic N) is 1. The van der Waals surface area contributed by atoms with Crippen molar-refractivity contribution in [1.29, 1.82) is 0 Å². The maximum Gasteiger partial charge on any atom is 0.243 e. The largest absolute Gasteiger partial charge is 0.394 e. The average molecular weight is 457 g/mol. The fourth-order valence-electron chi connectivity index (χ4n) is 3.80. The van der Waals surface area contributed by atoms with Crippen LogP contribution in [-0.2, 0) is 9.59 Å². The van der Waals surface area contributed by atoms with Gasteiger partial charge in [-0.15, -0.1) is 6.42 Å². The van der Waals surface area contributed by atoms with Crippen molar-refractivity contribution in [1.82, 2.24) is 9.88 Å². The highest BCUT2D eigenvalue weighted by atomic mass is 16.3. The highest BCUT2D eigenvalue weighted by molar-refractivity contribution is 5.87. The van der Waals surface area contributed by atoms with Crippen LogP contribution in [0.3, 0.4) is 0 Å². The van der Waals surface area contributed by atoms with Crippen LogP contribution in [0.4, 0.5) is 0 Å². The van der Waals surface area contributed by atoms with Crippen molar-refractivity contribution in [2.45, 2.75) is 46.2 Å². The molecule has 0 bridgehead atoms. The normalized spacial score (nSPS) is 13.1. The Balaban J connectivity index is 1.82. The third-order valence-electron chi connectivity index (χ3n) is 6.01. The first-order valence-corrected chi connectivity index (χ1v) is 11.4. The Labute approximate surface area is 201 Å². The third-order valence-corrected chi connectivity index (χ3v) is 6.01. The number of Topliss-reactive ketones (excluding diaryl/α,β-unsaturated/α-hetero) is 1. The molecule has 0 saturated heterocycles. The van der Waals surface area contributed by atoms with Crippen LogP contribution in [0.1, 0.15) is 45.7 Å². The van der Waals surface area contributed by atoms with Gasteiger partial charge in [0.05, 0.1) is 12.6 Å². The van der Waals surface area contributed by atoms with Gasteiger partial charge in [-0.05, 0) is 52.8 Å². The third kappa shape index (κ3) is 6.03. The molecule has 0 fully saturated rings. The number of nitrogens with one attached hydrogen (secondary N) is 1. The zero-order valence-electron chi connectivity index (χ0n) is 20.2. The molecule has 1 amide bonds. The van der Waals surface area contributed by atoms with Crippen LogP contribution in [0.15, 0.2) is 67.0 Å². The molecule has 2 N–H and O–H groups in total. The van der Waals surface area contributed by atoms with E-state index in [9.17, 15) is 14.7 Å². The number of aliphatic hydroxyl groups is 1. The Morgan fingerprint density at radius 2 is 1.50 bits per heavy atom. The first kappa shape index (κ1) is 25.0. The summed E-state index contributed by atoms with van der Waals surface area (Å²) in [6.07, 6.45) is 9.22. The predicted molar refractivity (Wildman–Crippen MR) is 136 cm³/mol. The van der Waals surface area contributed by atoms with Crippen LogP contribution >= 0.6 is 0 Å². The van der Waals surface area contributed by atoms with Crippen molar-refractivity contribution >= 4 is 11.7 Å². The minimum Gasteiger partial charge on any atom is -0.394 e. The summed E-state index contributed by atoms with van der Waals surface area (Å²) in [4.78, 5) is 25.0. The lowest BCUT2D eigenvalue weighted by Gasteiger charge is -2.31. The van der Waals surface area contributed by atoms with E-state index in [1.165, 1.54) is 6.92 Å². The minimum atomic E-state index is -0.684. The highest BCUT2D eigenvalue weighted by Gasteiger charge is 2.30. The van der Waals surface area contributed by atoms with E-state index in [0.717, 1.165) is 27.8 Å². The number of carbonyl (C=O) groups is 2. The number of aromatic nitrogens is 1. The minimum absolute atomic E-state index is 0.0769. The van der Waals surface area contributed by atoms with Crippen LogP contribution in [0, 0.1) is 17.8 Å². The summed E-state index contributed by atoms with van der Waals surface area (Å²) in [6, 6.07) is 16.9. The van der Waals surface area contributed by atoms with Gasteiger partial charge in [-0.1, -0.05) is 63.1 Å². The fourth-order valence-corrected chi connectivity index (χ4v) is 3.80. The second-order valence-corrected chi connectivity index (χ2v) is 9.68. The molecule has 3 rings (SSSR count). The van der Waals surface area contributed by atoms with Crippen molar-refractivity contribution in [3.63, 3.8) is 0 Å². The molecule has 2 atom stereocenters. The Kier molecular flexibility index (Phi) is 7.75. The number of rotatable bonds is 8. The number of benzene rings is 2. The molecule has 5 nitrogen and oxygen atoms in total. The van der Waals surface area contributed by atoms with E-state index in [-0.39, 0.29) is 30.1 Å². The number of hydrogen-bond donors (Lipinski definition) is 2. The van der Waals surface area contributed by atoms with Gasteiger partial charge in [-0.25, -0.2) is 0 Å². The van der Waals surface area contributed by atoms with Crippen molar-refractivity contribution < 1.29 is 14.7 Å². The second-order valence-electron chi connectivity index (χ2n) is 9.68. The molecule has 0 radical (unpaired) electrons. The molecule has 1 aromatic heterocycles. The van der Waals surface area contributed by atoms with Gasteiger partial charge in [0.15, 0.2) is 0 Å². The van der Waals surface area contributed by atoms with E-state index in [1.54, 1.807) is 4.57 Å². The second kappa shape index (κ2) is 10.5. The number of amides is 1. The molecule has 0 spiro atoms. The summed E-state index contributed by atoms with van der Waals surface area (Å²) in [5, 5.41) is 12.7. The lowest BCUT2D eigenvalue weighted by molar-refractivity contribution is -0.129. The molecular weight excluding hydrogens is 424 g/mol. The Hall–Kier alpha value is -3.62. The number of aliphatic hydroxyl groups excluding tert-OH is 1. The predicted octanol–water partition coefficient (Wildman–Crippen LogP) is 4.85. The number of terminal acetylenes is 1. The number of carbonyl (C=O) groups excluding carboxylic acids is 2. The molecule has 0 aliphatic carbocycles. The Morgan fingerprint density at radius 3 is 1.97 bits per heavy atom. The van der Waals surface area contributed by atoms with E-state index < -0.39 is 12.1 Å². The molecule has 0 aliphatic rings. The molecule has 5 heteroatoms. The van der Waals surface area contributed by atoms with Crippen LogP contribution in [0.25, 0.3) is 22.3 Å². The summed E-state index contributed by atoms with van der Waals surface area (Å²) in [5.41, 5.74) is 4.66. The summed E-state index contributed by atoms with van der Waals surface area (Å²) in [7, 11) is 0. The van der Waals surface area contributed by atoms with Crippen molar-refractivity contribution in [3.05, 3.63) is 72.6 Å². The summed E-state index contributed by atoms with van der Waals surface area (Å²) in [5.74, 6) is 2.27. The number of ketones is 1. The average Bonchev–Trinajstić information content (AvgIpc) is 3.30. The van der Waals surface area contributed by atoms with Crippen LogP contribution < -0.4 is 5.32 Å². The highest BCUT2D eigenvalue weighted by Crippen LogP contribution is 2.27. The van der Waals surface area contributed by atoms with Crippen molar-refractivity contribution in [2.75, 3.05) is 6.61 Å². The topological polar surface area (TPSA) is 71.3 Å². The summed E-state index contributed by atoms with van der Waals surface area (Å²) >= 11 is 0. The standard InChI is InChI=1S/C29H32N2O3/c1-6-21-7-9-22(10-8-21)23-11-13-24(14-12-23)25-15-16-31(18-25)26(17-20(2)33)28(34)30-27(19-32)29(3,4)5/h1,7-16,18,26-27,32H,17,19H2,2-5H3,(H,30,34)/t26-,27-/m1/s1. The molecule has 176 valence electrons. The molecule has 3 aromatic rings. The van der Waals surface area contributed by atoms with Gasteiger partial charge in [0.1, 0.15) is 11.8 Å². The summed E-state index contributed by atoms with van der Waals surface area (Å²) < 4.78 is 1.77. The zero-order chi connectivity index (χ0) is 24.9. The van der Waals surface area contributed by atoms with E-state index in [4.69, 9.17) is 6.42 Å². The Morgan fingerprint density at radius 1 is 0.971 bits per heavy atom. The van der Waals surface area contributed by atoms with Crippen LogP contribution in [0.5, 0.6) is 0 Å². The van der Waals surface area contributed by atoms with Gasteiger partial charge in [-0.3, -0.25) is 9.59 Å². The lowest BCUT2D eigenvalue weighted by Crippen LogP contribution is -2.48. The Bertz CT molecular complexity index is 1180. The van der Waals surface area contributed by atoms with Crippen LogP contribution in [-0.4, -0.2) is 34.0 Å². The molecule has 0 aliphatic heterocycles. The molecule has 1 heterocycles. The summed E-state index contributed by atoms with van der Waals surface area (Å²) in [6.45, 7) is 7.17. The van der Waals surface area contributed by atoms with E-state index >= 15 is 0 Å². The maximum absolute atomic E-state index is 13.1. The SMILES string of the molecule is C#Cc1ccc(-c2ccc(-c3ccn([C@H](CC(C)=O)C(=O)N[C@H](CO)C(C)(C)C)c3)cc2)cc1. The van der Waals surface area contributed by atoms with E-state index in [1.807, 2.05) is 87.8 Å². The van der Waals surface area contributed by atoms with Gasteiger partial charge in [-0.2, -0.15) is 0 Å². The van der Waals surface area contributed by atoms with Gasteiger partial charge in [0.25, 0.3) is 0 Å². The molecular formula is C29H32N2O3. The van der Waals surface area contributed by atoms with E-state index in [0.29, 0.717) is 0 Å². The first-order chi connectivity index (χ1) is 16.1. The van der Waals surface area contributed by atoms with Crippen molar-refractivity contribution in [2.24, 2.45) is 5.41 Å². The van der Waals surface area contributed by atoms with Gasteiger partial charge < -0.3 is 15.0 Å². The fraction of sp³-hybridized carbons (Fsp3) is 0.310. The van der Waals surface area contributed by atoms with Crippen LogP contribution in [0.2, 0.25) is 0 Å². The van der Waals surface area contributed by atoms with E-state index in [2.05, 4.69) is 11.2 Å². The van der Waals surface area contributed by atoms with Gasteiger partial charge in [0.2, 0.25) is 5.91 Å². The number of hydrogen-bond acceptors (Lipinski definition) is 3. The van der Waals surface area contributed by atoms with Crippen molar-refractivity contribution in [3.8, 4) is 34.6 Å². The first-order valence-electron chi connectivity index (χ1n) is 11.4. The smallest absolute Gasteiger partial charge is 0.243 e. The van der Waals surface area contributed by atoms with Gasteiger partial charge in [0, 0.05) is 24.4 Å². The molecule has 0 saturated carbocycles. The molecule has 2 aromatic carbocycles. The zero-order valence-corrected chi connectivity index (χ0v) is 20.2. The monoisotopic (exact) mass is 456 g/mol. The molecule has 0 unspecified atom stereocenters. The quantitative estimate of drug-likeness (QED) is 0.476. The van der Waals surface area contributed by atoms with Gasteiger partial charge >= 0.3 is 0 Å². The molecule has 34 heavy (non-hydrogen) atoms.